The average molecular weight is 365 g/mol. The highest BCUT2D eigenvalue weighted by atomic mass is 32.2. The Bertz CT molecular complexity index is 761. The van der Waals surface area contributed by atoms with Gasteiger partial charge in [0.15, 0.2) is 9.84 Å². The van der Waals surface area contributed by atoms with Crippen LogP contribution in [0.5, 0.6) is 0 Å². The molecular weight excluding hydrogens is 342 g/mol. The maximum Gasteiger partial charge on any atom is 0.326 e. The summed E-state index contributed by atoms with van der Waals surface area (Å²) >= 11 is 0. The average Bonchev–Trinajstić information content (AvgIpc) is 3.25. The zero-order valence-electron chi connectivity index (χ0n) is 14.2. The minimum absolute atomic E-state index is 0.0412. The van der Waals surface area contributed by atoms with E-state index in [1.807, 2.05) is 0 Å². The fraction of sp³-hybridized carbons (Fsp3) is 0.556. The van der Waals surface area contributed by atoms with E-state index in [1.165, 1.54) is 36.1 Å². The number of hydrogen-bond acceptors (Lipinski definition) is 4. The van der Waals surface area contributed by atoms with E-state index in [0.29, 0.717) is 18.4 Å². The van der Waals surface area contributed by atoms with Crippen LogP contribution < -0.4 is 0 Å². The number of carbonyl (C=O) groups is 2. The van der Waals surface area contributed by atoms with E-state index in [9.17, 15) is 23.1 Å². The van der Waals surface area contributed by atoms with Gasteiger partial charge in [-0.2, -0.15) is 0 Å². The molecule has 1 aromatic rings. The molecule has 0 saturated heterocycles. The van der Waals surface area contributed by atoms with Crippen molar-refractivity contribution in [3.63, 3.8) is 0 Å². The molecule has 1 aromatic carbocycles. The Kier molecular flexibility index (Phi) is 4.86. The van der Waals surface area contributed by atoms with Crippen LogP contribution >= 0.6 is 0 Å². The largest absolute Gasteiger partial charge is 0.480 e. The maximum absolute atomic E-state index is 12.7. The minimum atomic E-state index is -3.35. The number of hydrogen-bond donors (Lipinski definition) is 1. The number of amides is 1. The molecule has 6 nitrogen and oxygen atoms in total. The fourth-order valence-electron chi connectivity index (χ4n) is 3.46. The first-order valence-corrected chi connectivity index (χ1v) is 10.3. The summed E-state index contributed by atoms with van der Waals surface area (Å²) in [7, 11) is -3.35. The lowest BCUT2D eigenvalue weighted by molar-refractivity contribution is -0.141. The van der Waals surface area contributed by atoms with E-state index in [1.54, 1.807) is 0 Å². The monoisotopic (exact) mass is 365 g/mol. The van der Waals surface area contributed by atoms with E-state index < -0.39 is 21.8 Å². The lowest BCUT2D eigenvalue weighted by Gasteiger charge is -2.26. The molecule has 2 saturated carbocycles. The summed E-state index contributed by atoms with van der Waals surface area (Å²) in [4.78, 5) is 25.6. The molecule has 3 rings (SSSR count). The molecule has 25 heavy (non-hydrogen) atoms. The van der Waals surface area contributed by atoms with Crippen molar-refractivity contribution in [2.75, 3.05) is 0 Å². The fourth-order valence-corrected chi connectivity index (χ4v) is 5.31. The predicted octanol–water partition coefficient (Wildman–Crippen LogP) is 2.48. The first-order chi connectivity index (χ1) is 11.8. The zero-order valence-corrected chi connectivity index (χ0v) is 15.0. The molecule has 0 heterocycles. The van der Waals surface area contributed by atoms with Crippen molar-refractivity contribution in [1.29, 1.82) is 0 Å². The van der Waals surface area contributed by atoms with E-state index in [0.717, 1.165) is 25.7 Å². The standard InChI is InChI=1S/C18H23NO5S/c1-12(18(21)22)19(14-8-9-14)17(20)13-6-10-16(11-7-13)25(23,24)15-4-2-3-5-15/h6-7,10-12,14-15H,2-5,8-9H2,1H3,(H,21,22). The third-order valence-electron chi connectivity index (χ3n) is 5.12. The second-order valence-electron chi connectivity index (χ2n) is 6.93. The van der Waals surface area contributed by atoms with Gasteiger partial charge in [0.25, 0.3) is 5.91 Å². The van der Waals surface area contributed by atoms with Gasteiger partial charge in [0.1, 0.15) is 6.04 Å². The van der Waals surface area contributed by atoms with Crippen LogP contribution in [-0.4, -0.2) is 47.6 Å². The molecule has 2 aliphatic rings. The van der Waals surface area contributed by atoms with E-state index in [-0.39, 0.29) is 22.1 Å². The van der Waals surface area contributed by atoms with Crippen molar-refractivity contribution < 1.29 is 23.1 Å². The Morgan fingerprint density at radius 1 is 1.08 bits per heavy atom. The third-order valence-corrected chi connectivity index (χ3v) is 7.40. The number of sulfone groups is 1. The van der Waals surface area contributed by atoms with Gasteiger partial charge in [0.05, 0.1) is 10.1 Å². The van der Waals surface area contributed by atoms with Gasteiger partial charge in [-0.3, -0.25) is 4.79 Å². The topological polar surface area (TPSA) is 91.8 Å². The van der Waals surface area contributed by atoms with Crippen LogP contribution in [-0.2, 0) is 14.6 Å². The SMILES string of the molecule is CC(C(=O)O)N(C(=O)c1ccc(S(=O)(=O)C2CCCC2)cc1)C1CC1. The summed E-state index contributed by atoms with van der Waals surface area (Å²) < 4.78 is 25.2. The van der Waals surface area contributed by atoms with Gasteiger partial charge >= 0.3 is 5.97 Å². The van der Waals surface area contributed by atoms with Crippen molar-refractivity contribution in [3.05, 3.63) is 29.8 Å². The second kappa shape index (κ2) is 6.78. The Morgan fingerprint density at radius 2 is 1.64 bits per heavy atom. The molecule has 1 atom stereocenters. The van der Waals surface area contributed by atoms with Crippen LogP contribution in [0.1, 0.15) is 55.8 Å². The van der Waals surface area contributed by atoms with Gasteiger partial charge in [-0.05, 0) is 56.9 Å². The summed E-state index contributed by atoms with van der Waals surface area (Å²) in [5, 5.41) is 8.89. The molecule has 0 bridgehead atoms. The van der Waals surface area contributed by atoms with Gasteiger partial charge in [0, 0.05) is 11.6 Å². The molecule has 0 aromatic heterocycles. The number of nitrogens with zero attached hydrogens (tertiary/aromatic N) is 1. The molecule has 7 heteroatoms. The second-order valence-corrected chi connectivity index (χ2v) is 9.16. The van der Waals surface area contributed by atoms with Crippen molar-refractivity contribution in [1.82, 2.24) is 4.90 Å². The van der Waals surface area contributed by atoms with E-state index in [4.69, 9.17) is 0 Å². The van der Waals surface area contributed by atoms with Crippen LogP contribution in [0.3, 0.4) is 0 Å². The molecule has 1 N–H and O–H groups in total. The molecular formula is C18H23NO5S. The molecule has 1 amide bonds. The summed E-state index contributed by atoms with van der Waals surface area (Å²) in [6.45, 7) is 1.50. The number of benzene rings is 1. The highest BCUT2D eigenvalue weighted by molar-refractivity contribution is 7.92. The van der Waals surface area contributed by atoms with Crippen molar-refractivity contribution >= 4 is 21.7 Å². The summed E-state index contributed by atoms with van der Waals surface area (Å²) in [6.07, 6.45) is 4.85. The van der Waals surface area contributed by atoms with Gasteiger partial charge in [-0.1, -0.05) is 12.8 Å². The number of rotatable bonds is 6. The van der Waals surface area contributed by atoms with Crippen LogP contribution in [0, 0.1) is 0 Å². The number of aliphatic carboxylic acids is 1. The zero-order chi connectivity index (χ0) is 18.2. The predicted molar refractivity (Wildman–Crippen MR) is 92.2 cm³/mol. The summed E-state index contributed by atoms with van der Waals surface area (Å²) in [6, 6.07) is 4.99. The van der Waals surface area contributed by atoms with E-state index in [2.05, 4.69) is 0 Å². The highest BCUT2D eigenvalue weighted by Gasteiger charge is 2.39. The molecule has 1 unspecified atom stereocenters. The molecule has 2 fully saturated rings. The van der Waals surface area contributed by atoms with E-state index >= 15 is 0 Å². The minimum Gasteiger partial charge on any atom is -0.480 e. The molecule has 0 radical (unpaired) electrons. The Morgan fingerprint density at radius 3 is 2.12 bits per heavy atom. The normalized spacial score (nSPS) is 19.6. The van der Waals surface area contributed by atoms with Crippen LogP contribution in [0.15, 0.2) is 29.2 Å². The highest BCUT2D eigenvalue weighted by Crippen LogP contribution is 2.32. The van der Waals surface area contributed by atoms with Crippen molar-refractivity contribution in [3.8, 4) is 0 Å². The Balaban J connectivity index is 1.81. The number of carbonyl (C=O) groups excluding carboxylic acids is 1. The molecule has 0 aliphatic heterocycles. The molecule has 136 valence electrons. The van der Waals surface area contributed by atoms with Crippen LogP contribution in [0.25, 0.3) is 0 Å². The Labute approximate surface area is 147 Å². The van der Waals surface area contributed by atoms with Crippen molar-refractivity contribution in [2.24, 2.45) is 0 Å². The first-order valence-electron chi connectivity index (χ1n) is 8.72. The molecule has 2 aliphatic carbocycles. The van der Waals surface area contributed by atoms with Gasteiger partial charge in [0.2, 0.25) is 0 Å². The van der Waals surface area contributed by atoms with Crippen molar-refractivity contribution in [2.45, 2.75) is 67.7 Å². The summed E-state index contributed by atoms with van der Waals surface area (Å²) in [5.41, 5.74) is 0.324. The quantitative estimate of drug-likeness (QED) is 0.836. The van der Waals surface area contributed by atoms with Gasteiger partial charge in [-0.15, -0.1) is 0 Å². The van der Waals surface area contributed by atoms with Crippen LogP contribution in [0.4, 0.5) is 0 Å². The number of carboxylic acid groups (broad SMARTS) is 1. The molecule has 0 spiro atoms. The first kappa shape index (κ1) is 17.9. The summed E-state index contributed by atoms with van der Waals surface area (Å²) in [5.74, 6) is -1.40. The third kappa shape index (κ3) is 3.56. The lowest BCUT2D eigenvalue weighted by atomic mass is 10.1. The van der Waals surface area contributed by atoms with Gasteiger partial charge in [-0.25, -0.2) is 13.2 Å². The smallest absolute Gasteiger partial charge is 0.326 e. The Hall–Kier alpha value is -1.89. The lowest BCUT2D eigenvalue weighted by Crippen LogP contribution is -2.44. The maximum atomic E-state index is 12.7. The number of carboxylic acids is 1. The van der Waals surface area contributed by atoms with Gasteiger partial charge < -0.3 is 10.0 Å². The van der Waals surface area contributed by atoms with Crippen LogP contribution in [0.2, 0.25) is 0 Å².